The van der Waals surface area contributed by atoms with Gasteiger partial charge < -0.3 is 28.5 Å². The molecular weight excluding hydrogens is 512 g/mol. The number of fused-ring (bicyclic) bond motifs is 6. The maximum atomic E-state index is 6.33. The second-order valence-electron chi connectivity index (χ2n) is 11.3. The third-order valence-electron chi connectivity index (χ3n) is 8.57. The van der Waals surface area contributed by atoms with Crippen LogP contribution in [0.4, 0.5) is 0 Å². The molecule has 0 bridgehead atoms. The quantitative estimate of drug-likeness (QED) is 0.227. The number of H-pyrrole nitrogens is 1. The number of hydrogen-bond donors (Lipinski definition) is 1. The summed E-state index contributed by atoms with van der Waals surface area (Å²) in [5, 5.41) is 4.88. The lowest BCUT2D eigenvalue weighted by Crippen LogP contribution is -2.25. The summed E-state index contributed by atoms with van der Waals surface area (Å²) in [6.07, 6.45) is 6.30. The van der Waals surface area contributed by atoms with E-state index in [0.29, 0.717) is 6.61 Å². The van der Waals surface area contributed by atoms with Crippen LogP contribution in [0.5, 0.6) is 11.5 Å². The average Bonchev–Trinajstić information content (AvgIpc) is 3.55. The maximum Gasteiger partial charge on any atom is 0.199 e. The van der Waals surface area contributed by atoms with Crippen LogP contribution in [0.2, 0.25) is 0 Å². The van der Waals surface area contributed by atoms with Crippen LogP contribution in [0.3, 0.4) is 0 Å². The minimum atomic E-state index is -0.169. The molecule has 4 heterocycles. The number of hydrogen-bond acceptors (Lipinski definition) is 4. The number of nitrogens with zero attached hydrogens (tertiary/aromatic N) is 1. The van der Waals surface area contributed by atoms with Gasteiger partial charge in [-0.25, -0.2) is 0 Å². The Morgan fingerprint density at radius 2 is 1.44 bits per heavy atom. The minimum Gasteiger partial charge on any atom is -0.489 e. The second kappa shape index (κ2) is 10.4. The predicted molar refractivity (Wildman–Crippen MR) is 163 cm³/mol. The normalized spacial score (nSPS) is 19.8. The first kappa shape index (κ1) is 24.8. The summed E-state index contributed by atoms with van der Waals surface area (Å²) in [6, 6.07) is 27.8. The van der Waals surface area contributed by atoms with Crippen molar-refractivity contribution in [1.82, 2.24) is 9.55 Å². The Kier molecular flexibility index (Phi) is 6.31. The molecule has 0 amide bonds. The van der Waals surface area contributed by atoms with Gasteiger partial charge in [-0.15, -0.1) is 0 Å². The molecule has 2 fully saturated rings. The molecule has 6 aromatic rings. The van der Waals surface area contributed by atoms with E-state index in [0.717, 1.165) is 85.4 Å². The molecule has 2 saturated heterocycles. The van der Waals surface area contributed by atoms with Gasteiger partial charge in [-0.05, 0) is 74.1 Å². The van der Waals surface area contributed by atoms with Gasteiger partial charge in [0, 0.05) is 52.2 Å². The van der Waals surface area contributed by atoms with Crippen molar-refractivity contribution in [1.29, 1.82) is 0 Å². The summed E-state index contributed by atoms with van der Waals surface area (Å²) < 4.78 is 27.1. The van der Waals surface area contributed by atoms with Crippen molar-refractivity contribution in [3.8, 4) is 11.5 Å². The van der Waals surface area contributed by atoms with Crippen molar-refractivity contribution >= 4 is 43.6 Å². The molecular formula is C35H34N2O4. The monoisotopic (exact) mass is 546 g/mol. The first-order valence-corrected chi connectivity index (χ1v) is 14.9. The molecule has 4 aromatic carbocycles. The first-order valence-electron chi connectivity index (χ1n) is 14.9. The topological polar surface area (TPSA) is 57.6 Å². The smallest absolute Gasteiger partial charge is 0.199 e. The van der Waals surface area contributed by atoms with Crippen LogP contribution < -0.4 is 9.47 Å². The third-order valence-corrected chi connectivity index (χ3v) is 8.57. The number of ether oxygens (including phenoxy) is 4. The summed E-state index contributed by atoms with van der Waals surface area (Å²) in [6.45, 7) is 2.04. The molecule has 1 N–H and O–H groups in total. The van der Waals surface area contributed by atoms with Crippen molar-refractivity contribution in [2.75, 3.05) is 13.2 Å². The Morgan fingerprint density at radius 3 is 2.29 bits per heavy atom. The Bertz CT molecular complexity index is 1860. The molecule has 2 atom stereocenters. The zero-order chi connectivity index (χ0) is 27.2. The fraction of sp³-hybridized carbons (Fsp3) is 0.314. The molecule has 2 unspecified atom stereocenters. The van der Waals surface area contributed by atoms with Crippen molar-refractivity contribution in [2.24, 2.45) is 0 Å². The zero-order valence-electron chi connectivity index (χ0n) is 23.1. The van der Waals surface area contributed by atoms with Gasteiger partial charge in [0.25, 0.3) is 0 Å². The van der Waals surface area contributed by atoms with Gasteiger partial charge in [0.1, 0.15) is 24.3 Å². The molecule has 0 saturated carbocycles. The fourth-order valence-electron chi connectivity index (χ4n) is 6.52. The predicted octanol–water partition coefficient (Wildman–Crippen LogP) is 8.61. The van der Waals surface area contributed by atoms with Crippen LogP contribution in [0, 0.1) is 0 Å². The van der Waals surface area contributed by atoms with Gasteiger partial charge in [-0.1, -0.05) is 30.3 Å². The number of para-hydroxylation sites is 1. The SMILES string of the molecule is c1ccc2c(c1)[nH]c1cc(OCc3ccc4c5ccc(OC6CCCCO6)cc5n(C5CCCCO5)c4c3)ccc12. The van der Waals surface area contributed by atoms with Crippen LogP contribution in [-0.2, 0) is 16.1 Å². The van der Waals surface area contributed by atoms with Crippen LogP contribution in [0.25, 0.3) is 43.6 Å². The third kappa shape index (κ3) is 4.61. The summed E-state index contributed by atoms with van der Waals surface area (Å²) in [5.41, 5.74) is 5.67. The number of aromatic nitrogens is 2. The molecule has 6 heteroatoms. The molecule has 0 spiro atoms. The highest BCUT2D eigenvalue weighted by molar-refractivity contribution is 6.09. The highest BCUT2D eigenvalue weighted by Gasteiger charge is 2.23. The summed E-state index contributed by atoms with van der Waals surface area (Å²) in [7, 11) is 0. The van der Waals surface area contributed by atoms with E-state index in [2.05, 4.69) is 88.4 Å². The van der Waals surface area contributed by atoms with E-state index in [1.165, 1.54) is 27.1 Å². The zero-order valence-corrected chi connectivity index (χ0v) is 23.1. The van der Waals surface area contributed by atoms with Crippen molar-refractivity contribution in [2.45, 2.75) is 57.6 Å². The van der Waals surface area contributed by atoms with E-state index in [4.69, 9.17) is 18.9 Å². The highest BCUT2D eigenvalue weighted by Crippen LogP contribution is 2.38. The molecule has 2 aliphatic rings. The Labute approximate surface area is 238 Å². The Morgan fingerprint density at radius 1 is 0.683 bits per heavy atom. The molecule has 2 aliphatic heterocycles. The maximum absolute atomic E-state index is 6.33. The van der Waals surface area contributed by atoms with Crippen LogP contribution in [0.15, 0.2) is 78.9 Å². The lowest BCUT2D eigenvalue weighted by Gasteiger charge is -2.26. The Balaban J connectivity index is 1.13. The summed E-state index contributed by atoms with van der Waals surface area (Å²) in [5.74, 6) is 1.70. The summed E-state index contributed by atoms with van der Waals surface area (Å²) in [4.78, 5) is 3.51. The van der Waals surface area contributed by atoms with E-state index in [-0.39, 0.29) is 12.5 Å². The van der Waals surface area contributed by atoms with E-state index < -0.39 is 0 Å². The van der Waals surface area contributed by atoms with Crippen LogP contribution >= 0.6 is 0 Å². The van der Waals surface area contributed by atoms with E-state index >= 15 is 0 Å². The largest absolute Gasteiger partial charge is 0.489 e. The highest BCUT2D eigenvalue weighted by atomic mass is 16.7. The molecule has 6 nitrogen and oxygen atoms in total. The standard InChI is InChI=1S/C35H34N2O4/c1-2-8-30-26(7-1)27-15-12-24(20-31(27)36-30)40-22-23-11-14-28-29-16-13-25(41-35-10-4-6-18-39-35)21-33(29)37(32(28)19-23)34-9-3-5-17-38-34/h1-2,7-8,11-16,19-21,34-36H,3-6,9-10,17-18,22H2. The number of aromatic amines is 1. The van der Waals surface area contributed by atoms with E-state index in [1.807, 2.05) is 0 Å². The molecule has 41 heavy (non-hydrogen) atoms. The van der Waals surface area contributed by atoms with Gasteiger partial charge in [0.2, 0.25) is 0 Å². The molecule has 0 radical (unpaired) electrons. The molecule has 0 aliphatic carbocycles. The van der Waals surface area contributed by atoms with E-state index in [1.54, 1.807) is 0 Å². The molecule has 2 aromatic heterocycles. The van der Waals surface area contributed by atoms with Gasteiger partial charge in [0.05, 0.1) is 23.2 Å². The average molecular weight is 547 g/mol. The number of benzene rings is 4. The summed E-state index contributed by atoms with van der Waals surface area (Å²) >= 11 is 0. The van der Waals surface area contributed by atoms with Crippen molar-refractivity contribution in [3.63, 3.8) is 0 Å². The second-order valence-corrected chi connectivity index (χ2v) is 11.3. The lowest BCUT2D eigenvalue weighted by atomic mass is 10.1. The minimum absolute atomic E-state index is 0.00511. The van der Waals surface area contributed by atoms with Gasteiger partial charge in [-0.3, -0.25) is 0 Å². The molecule has 8 rings (SSSR count). The fourth-order valence-corrected chi connectivity index (χ4v) is 6.52. The van der Waals surface area contributed by atoms with Crippen molar-refractivity contribution in [3.05, 3.63) is 84.4 Å². The first-order chi connectivity index (χ1) is 20.3. The Hall–Kier alpha value is -4.00. The van der Waals surface area contributed by atoms with Gasteiger partial charge >= 0.3 is 0 Å². The van der Waals surface area contributed by atoms with Gasteiger partial charge in [0.15, 0.2) is 6.29 Å². The molecule has 208 valence electrons. The van der Waals surface area contributed by atoms with Gasteiger partial charge in [-0.2, -0.15) is 0 Å². The lowest BCUT2D eigenvalue weighted by molar-refractivity contribution is -0.105. The number of rotatable bonds is 6. The van der Waals surface area contributed by atoms with Crippen LogP contribution in [0.1, 0.15) is 50.3 Å². The van der Waals surface area contributed by atoms with Crippen LogP contribution in [-0.4, -0.2) is 29.1 Å². The van der Waals surface area contributed by atoms with Crippen molar-refractivity contribution < 1.29 is 18.9 Å². The van der Waals surface area contributed by atoms with E-state index in [9.17, 15) is 0 Å². The number of nitrogens with one attached hydrogen (secondary N) is 1.